The quantitative estimate of drug-likeness (QED) is 0.617. The summed E-state index contributed by atoms with van der Waals surface area (Å²) in [4.78, 5) is 28.9. The number of nitro groups is 2. The van der Waals surface area contributed by atoms with Crippen molar-refractivity contribution >= 4 is 17.3 Å². The summed E-state index contributed by atoms with van der Waals surface area (Å²) < 4.78 is 13.2. The van der Waals surface area contributed by atoms with Gasteiger partial charge < -0.3 is 5.11 Å². The van der Waals surface area contributed by atoms with Gasteiger partial charge in [0.05, 0.1) is 15.9 Å². The third kappa shape index (κ3) is 1.92. The molecule has 0 bridgehead atoms. The first-order valence-electron chi connectivity index (χ1n) is 3.70. The number of carboxylic acids is 1. The summed E-state index contributed by atoms with van der Waals surface area (Å²) >= 11 is 0. The number of rotatable bonds is 3. The van der Waals surface area contributed by atoms with E-state index < -0.39 is 38.6 Å². The van der Waals surface area contributed by atoms with Gasteiger partial charge in [-0.15, -0.1) is 0 Å². The molecule has 1 aromatic rings. The van der Waals surface area contributed by atoms with Crippen molar-refractivity contribution in [2.45, 2.75) is 0 Å². The molecular weight excluding hydrogens is 227 g/mol. The molecule has 0 heterocycles. The zero-order valence-corrected chi connectivity index (χ0v) is 7.42. The molecule has 0 aliphatic rings. The molecule has 0 atom stereocenters. The standard InChI is InChI=1S/C7H3FN2O6/c8-6-4(7(11)12)1-3(9(13)14)2-5(6)10(15)16/h1-2H,(H,11,12). The molecule has 0 amide bonds. The minimum absolute atomic E-state index is 0.363. The highest BCUT2D eigenvalue weighted by Crippen LogP contribution is 2.27. The number of non-ortho nitro benzene ring substituents is 1. The van der Waals surface area contributed by atoms with Crippen LogP contribution in [-0.2, 0) is 0 Å². The zero-order valence-electron chi connectivity index (χ0n) is 7.42. The summed E-state index contributed by atoms with van der Waals surface area (Å²) in [6.07, 6.45) is 0. The van der Waals surface area contributed by atoms with Crippen molar-refractivity contribution in [2.75, 3.05) is 0 Å². The molecule has 0 aliphatic heterocycles. The second kappa shape index (κ2) is 3.88. The molecule has 16 heavy (non-hydrogen) atoms. The van der Waals surface area contributed by atoms with Gasteiger partial charge in [-0.05, 0) is 0 Å². The van der Waals surface area contributed by atoms with E-state index in [1.807, 2.05) is 0 Å². The Bertz CT molecular complexity index is 465. The van der Waals surface area contributed by atoms with Crippen molar-refractivity contribution < 1.29 is 24.1 Å². The summed E-state index contributed by atoms with van der Waals surface area (Å²) in [6.45, 7) is 0. The molecule has 0 unspecified atom stereocenters. The van der Waals surface area contributed by atoms with Gasteiger partial charge in [-0.25, -0.2) is 4.79 Å². The van der Waals surface area contributed by atoms with Crippen molar-refractivity contribution in [3.05, 3.63) is 43.7 Å². The molecule has 0 aromatic heterocycles. The van der Waals surface area contributed by atoms with Crippen LogP contribution in [0.1, 0.15) is 10.4 Å². The van der Waals surface area contributed by atoms with Gasteiger partial charge in [-0.1, -0.05) is 0 Å². The van der Waals surface area contributed by atoms with E-state index in [9.17, 15) is 29.4 Å². The molecule has 0 fully saturated rings. The molecule has 1 rings (SSSR count). The summed E-state index contributed by atoms with van der Waals surface area (Å²) in [5.41, 5.74) is -3.21. The van der Waals surface area contributed by atoms with E-state index in [1.165, 1.54) is 0 Å². The van der Waals surface area contributed by atoms with Crippen LogP contribution in [-0.4, -0.2) is 20.9 Å². The predicted octanol–water partition coefficient (Wildman–Crippen LogP) is 1.34. The Kier molecular flexibility index (Phi) is 2.79. The smallest absolute Gasteiger partial charge is 0.339 e. The number of hydrogen-bond donors (Lipinski definition) is 1. The monoisotopic (exact) mass is 230 g/mol. The Balaban J connectivity index is 3.57. The van der Waals surface area contributed by atoms with Crippen molar-refractivity contribution in [1.29, 1.82) is 0 Å². The Morgan fingerprint density at radius 2 is 1.81 bits per heavy atom. The van der Waals surface area contributed by atoms with Crippen LogP contribution in [0.4, 0.5) is 15.8 Å². The van der Waals surface area contributed by atoms with E-state index in [-0.39, 0.29) is 0 Å². The van der Waals surface area contributed by atoms with Gasteiger partial charge in [-0.3, -0.25) is 20.2 Å². The van der Waals surface area contributed by atoms with Crippen LogP contribution in [0.15, 0.2) is 12.1 Å². The molecule has 9 heteroatoms. The first kappa shape index (κ1) is 11.5. The summed E-state index contributed by atoms with van der Waals surface area (Å²) in [7, 11) is 0. The van der Waals surface area contributed by atoms with Gasteiger partial charge in [0.2, 0.25) is 5.82 Å². The molecule has 84 valence electrons. The first-order chi connectivity index (χ1) is 7.34. The second-order valence-electron chi connectivity index (χ2n) is 2.65. The topological polar surface area (TPSA) is 124 Å². The fourth-order valence-electron chi connectivity index (χ4n) is 0.988. The lowest BCUT2D eigenvalue weighted by Gasteiger charge is -1.99. The molecule has 0 spiro atoms. The van der Waals surface area contributed by atoms with Crippen LogP contribution in [0.3, 0.4) is 0 Å². The number of carbonyl (C=O) groups is 1. The van der Waals surface area contributed by atoms with Gasteiger partial charge in [-0.2, -0.15) is 4.39 Å². The Labute approximate surface area is 86.2 Å². The Morgan fingerprint density at radius 3 is 2.19 bits per heavy atom. The van der Waals surface area contributed by atoms with Gasteiger partial charge in [0, 0.05) is 6.07 Å². The highest BCUT2D eigenvalue weighted by molar-refractivity contribution is 5.89. The molecule has 1 aromatic carbocycles. The predicted molar refractivity (Wildman–Crippen MR) is 46.7 cm³/mol. The lowest BCUT2D eigenvalue weighted by molar-refractivity contribution is -0.395. The zero-order chi connectivity index (χ0) is 12.5. The molecule has 0 radical (unpaired) electrons. The Hall–Kier alpha value is -2.58. The largest absolute Gasteiger partial charge is 0.478 e. The molecular formula is C7H3FN2O6. The number of carboxylic acid groups (broad SMARTS) is 1. The number of aromatic carboxylic acids is 1. The number of benzene rings is 1. The van der Waals surface area contributed by atoms with Crippen LogP contribution in [0.5, 0.6) is 0 Å². The summed E-state index contributed by atoms with van der Waals surface area (Å²) in [6, 6.07) is 0.784. The maximum atomic E-state index is 13.2. The van der Waals surface area contributed by atoms with Crippen molar-refractivity contribution in [3.8, 4) is 0 Å². The van der Waals surface area contributed by atoms with Gasteiger partial charge >= 0.3 is 11.7 Å². The molecule has 0 aliphatic carbocycles. The van der Waals surface area contributed by atoms with E-state index in [1.54, 1.807) is 0 Å². The van der Waals surface area contributed by atoms with E-state index in [2.05, 4.69) is 0 Å². The van der Waals surface area contributed by atoms with E-state index in [4.69, 9.17) is 5.11 Å². The number of hydrogen-bond acceptors (Lipinski definition) is 5. The number of nitrogens with zero attached hydrogens (tertiary/aromatic N) is 2. The Morgan fingerprint density at radius 1 is 1.25 bits per heavy atom. The number of nitro benzene ring substituents is 2. The van der Waals surface area contributed by atoms with Gasteiger partial charge in [0.1, 0.15) is 5.56 Å². The minimum atomic E-state index is -1.82. The van der Waals surface area contributed by atoms with Crippen molar-refractivity contribution in [2.24, 2.45) is 0 Å². The average Bonchev–Trinajstić information content (AvgIpc) is 2.16. The molecule has 8 nitrogen and oxygen atoms in total. The van der Waals surface area contributed by atoms with Gasteiger partial charge in [0.25, 0.3) is 5.69 Å². The normalized spacial score (nSPS) is 9.81. The van der Waals surface area contributed by atoms with E-state index in [0.29, 0.717) is 12.1 Å². The number of halogens is 1. The molecule has 0 saturated heterocycles. The van der Waals surface area contributed by atoms with Crippen LogP contribution >= 0.6 is 0 Å². The van der Waals surface area contributed by atoms with Crippen LogP contribution in [0.25, 0.3) is 0 Å². The third-order valence-corrected chi connectivity index (χ3v) is 1.68. The highest BCUT2D eigenvalue weighted by atomic mass is 19.1. The fourth-order valence-corrected chi connectivity index (χ4v) is 0.988. The lowest BCUT2D eigenvalue weighted by atomic mass is 10.1. The molecule has 1 N–H and O–H groups in total. The minimum Gasteiger partial charge on any atom is -0.478 e. The van der Waals surface area contributed by atoms with E-state index >= 15 is 0 Å². The third-order valence-electron chi connectivity index (χ3n) is 1.68. The summed E-state index contributed by atoms with van der Waals surface area (Å²) in [5.74, 6) is -3.42. The van der Waals surface area contributed by atoms with E-state index in [0.717, 1.165) is 0 Å². The summed E-state index contributed by atoms with van der Waals surface area (Å²) in [5, 5.41) is 29.1. The van der Waals surface area contributed by atoms with Crippen LogP contribution < -0.4 is 0 Å². The fraction of sp³-hybridized carbons (Fsp3) is 0. The van der Waals surface area contributed by atoms with Crippen LogP contribution in [0, 0.1) is 26.0 Å². The van der Waals surface area contributed by atoms with Crippen molar-refractivity contribution in [1.82, 2.24) is 0 Å². The van der Waals surface area contributed by atoms with Crippen LogP contribution in [0.2, 0.25) is 0 Å². The second-order valence-corrected chi connectivity index (χ2v) is 2.65. The SMILES string of the molecule is O=C(O)c1cc([N+](=O)[O-])cc([N+](=O)[O-])c1F. The maximum Gasteiger partial charge on any atom is 0.339 e. The average molecular weight is 230 g/mol. The van der Waals surface area contributed by atoms with Gasteiger partial charge in [0.15, 0.2) is 0 Å². The van der Waals surface area contributed by atoms with Crippen molar-refractivity contribution in [3.63, 3.8) is 0 Å². The molecule has 0 saturated carbocycles. The lowest BCUT2D eigenvalue weighted by Crippen LogP contribution is -2.05. The maximum absolute atomic E-state index is 13.2. The first-order valence-corrected chi connectivity index (χ1v) is 3.70. The highest BCUT2D eigenvalue weighted by Gasteiger charge is 2.27.